The number of nitrogens with zero attached hydrogens (tertiary/aromatic N) is 2. The van der Waals surface area contributed by atoms with Crippen LogP contribution in [0.4, 0.5) is 0 Å². The summed E-state index contributed by atoms with van der Waals surface area (Å²) >= 11 is 3.41. The zero-order valence-electron chi connectivity index (χ0n) is 11.2. The van der Waals surface area contributed by atoms with Crippen LogP contribution in [0.15, 0.2) is 33.3 Å². The molecule has 20 heavy (non-hydrogen) atoms. The first-order valence-electron chi connectivity index (χ1n) is 6.68. The first-order chi connectivity index (χ1) is 9.66. The Morgan fingerprint density at radius 2 is 1.90 bits per heavy atom. The van der Waals surface area contributed by atoms with Gasteiger partial charge in [0.15, 0.2) is 0 Å². The van der Waals surface area contributed by atoms with Gasteiger partial charge >= 0.3 is 0 Å². The number of hydrogen-bond donors (Lipinski definition) is 0. The van der Waals surface area contributed by atoms with Crippen LogP contribution in [0.2, 0.25) is 0 Å². The molecule has 0 unspecified atom stereocenters. The van der Waals surface area contributed by atoms with Gasteiger partial charge in [-0.15, -0.1) is 0 Å². The van der Waals surface area contributed by atoms with E-state index in [1.165, 1.54) is 0 Å². The molecule has 0 saturated carbocycles. The van der Waals surface area contributed by atoms with Crippen LogP contribution in [0.5, 0.6) is 0 Å². The van der Waals surface area contributed by atoms with Gasteiger partial charge in [-0.1, -0.05) is 33.2 Å². The Balaban J connectivity index is 2.00. The first kappa shape index (κ1) is 13.4. The molecule has 0 spiro atoms. The lowest BCUT2D eigenvalue weighted by atomic mass is 10.1. The summed E-state index contributed by atoms with van der Waals surface area (Å²) in [5.41, 5.74) is 2.12. The fourth-order valence-corrected chi connectivity index (χ4v) is 2.77. The van der Waals surface area contributed by atoms with Crippen molar-refractivity contribution in [1.82, 2.24) is 10.1 Å². The number of halogens is 1. The normalized spacial score (nSPS) is 14.8. The minimum Gasteiger partial charge on any atom is -0.360 e. The van der Waals surface area contributed by atoms with E-state index in [0.717, 1.165) is 36.0 Å². The highest BCUT2D eigenvalue weighted by molar-refractivity contribution is 9.10. The van der Waals surface area contributed by atoms with Gasteiger partial charge in [-0.2, -0.15) is 0 Å². The Hall–Kier alpha value is -1.62. The molecular weight excluding hydrogens is 320 g/mol. The summed E-state index contributed by atoms with van der Waals surface area (Å²) in [6, 6.07) is 7.73. The van der Waals surface area contributed by atoms with E-state index >= 15 is 0 Å². The van der Waals surface area contributed by atoms with Crippen molar-refractivity contribution >= 4 is 21.8 Å². The van der Waals surface area contributed by atoms with Gasteiger partial charge in [0.1, 0.15) is 17.0 Å². The number of benzene rings is 1. The molecule has 1 aliphatic rings. The number of carbonyl (C=O) groups excluding carboxylic acids is 1. The first-order valence-corrected chi connectivity index (χ1v) is 7.47. The minimum absolute atomic E-state index is 0.0270. The number of aryl methyl sites for hydroxylation is 1. The highest BCUT2D eigenvalue weighted by Gasteiger charge is 2.27. The summed E-state index contributed by atoms with van der Waals surface area (Å²) in [4.78, 5) is 14.5. The van der Waals surface area contributed by atoms with E-state index in [2.05, 4.69) is 21.1 Å². The van der Waals surface area contributed by atoms with E-state index in [4.69, 9.17) is 4.52 Å². The van der Waals surface area contributed by atoms with Crippen LogP contribution >= 0.6 is 15.9 Å². The van der Waals surface area contributed by atoms with Crippen molar-refractivity contribution in [3.8, 4) is 11.3 Å². The average molecular weight is 335 g/mol. The smallest absolute Gasteiger partial charge is 0.259 e. The highest BCUT2D eigenvalue weighted by Crippen LogP contribution is 2.28. The Morgan fingerprint density at radius 1 is 1.25 bits per heavy atom. The number of aromatic nitrogens is 1. The molecule has 0 radical (unpaired) electrons. The van der Waals surface area contributed by atoms with Crippen LogP contribution in [-0.4, -0.2) is 29.1 Å². The fourth-order valence-electron chi connectivity index (χ4n) is 2.51. The van der Waals surface area contributed by atoms with E-state index in [-0.39, 0.29) is 5.91 Å². The average Bonchev–Trinajstić information content (AvgIpc) is 3.08. The summed E-state index contributed by atoms with van der Waals surface area (Å²) in [5, 5.41) is 4.07. The number of hydrogen-bond acceptors (Lipinski definition) is 3. The number of rotatable bonds is 2. The van der Waals surface area contributed by atoms with Crippen LogP contribution in [0.25, 0.3) is 11.3 Å². The monoisotopic (exact) mass is 334 g/mol. The van der Waals surface area contributed by atoms with Crippen molar-refractivity contribution in [2.45, 2.75) is 19.8 Å². The van der Waals surface area contributed by atoms with Gasteiger partial charge in [-0.05, 0) is 31.9 Å². The predicted octanol–water partition coefficient (Wildman–Crippen LogP) is 3.65. The molecular formula is C15H15BrN2O2. The van der Waals surface area contributed by atoms with E-state index in [9.17, 15) is 4.79 Å². The topological polar surface area (TPSA) is 46.3 Å². The zero-order valence-corrected chi connectivity index (χ0v) is 12.8. The Kier molecular flexibility index (Phi) is 3.61. The summed E-state index contributed by atoms with van der Waals surface area (Å²) in [5.74, 6) is 0.610. The molecule has 4 nitrogen and oxygen atoms in total. The van der Waals surface area contributed by atoms with Gasteiger partial charge in [0, 0.05) is 23.1 Å². The third kappa shape index (κ3) is 2.38. The van der Waals surface area contributed by atoms with Crippen molar-refractivity contribution in [2.24, 2.45) is 0 Å². The van der Waals surface area contributed by atoms with Gasteiger partial charge in [0.05, 0.1) is 0 Å². The van der Waals surface area contributed by atoms with Crippen molar-refractivity contribution in [3.63, 3.8) is 0 Å². The van der Waals surface area contributed by atoms with Crippen LogP contribution < -0.4 is 0 Å². The molecule has 1 aromatic heterocycles. The van der Waals surface area contributed by atoms with Gasteiger partial charge in [-0.3, -0.25) is 4.79 Å². The number of carbonyl (C=O) groups is 1. The molecule has 5 heteroatoms. The quantitative estimate of drug-likeness (QED) is 0.842. The lowest BCUT2D eigenvalue weighted by molar-refractivity contribution is 0.0791. The lowest BCUT2D eigenvalue weighted by Gasteiger charge is -2.15. The molecule has 1 saturated heterocycles. The second-order valence-corrected chi connectivity index (χ2v) is 5.88. The molecule has 0 bridgehead atoms. The predicted molar refractivity (Wildman–Crippen MR) is 79.5 cm³/mol. The lowest BCUT2D eigenvalue weighted by Crippen LogP contribution is -2.28. The maximum atomic E-state index is 12.6. The molecule has 2 aromatic rings. The van der Waals surface area contributed by atoms with Crippen LogP contribution in [0, 0.1) is 6.92 Å². The van der Waals surface area contributed by atoms with Crippen LogP contribution in [0.1, 0.15) is 29.0 Å². The Morgan fingerprint density at radius 3 is 2.55 bits per heavy atom. The molecule has 1 fully saturated rings. The standard InChI is InChI=1S/C15H15BrN2O2/c1-10-13(15(19)18-8-2-3-9-18)14(17-20-10)11-4-6-12(16)7-5-11/h4-7H,2-3,8-9H2,1H3. The third-order valence-electron chi connectivity index (χ3n) is 3.59. The molecule has 0 atom stereocenters. The summed E-state index contributed by atoms with van der Waals surface area (Å²) in [6.45, 7) is 3.44. The summed E-state index contributed by atoms with van der Waals surface area (Å²) in [7, 11) is 0. The molecule has 3 rings (SSSR count). The third-order valence-corrected chi connectivity index (χ3v) is 4.12. The van der Waals surface area contributed by atoms with E-state index < -0.39 is 0 Å². The maximum absolute atomic E-state index is 12.6. The largest absolute Gasteiger partial charge is 0.360 e. The molecule has 1 aromatic carbocycles. The summed E-state index contributed by atoms with van der Waals surface area (Å²) < 4.78 is 6.25. The second kappa shape index (κ2) is 5.40. The van der Waals surface area contributed by atoms with Crippen molar-refractivity contribution in [1.29, 1.82) is 0 Å². The van der Waals surface area contributed by atoms with Crippen molar-refractivity contribution in [2.75, 3.05) is 13.1 Å². The second-order valence-electron chi connectivity index (χ2n) is 4.97. The molecule has 1 aliphatic heterocycles. The van der Waals surface area contributed by atoms with Crippen LogP contribution in [0.3, 0.4) is 0 Å². The summed E-state index contributed by atoms with van der Waals surface area (Å²) in [6.07, 6.45) is 2.15. The molecule has 2 heterocycles. The minimum atomic E-state index is 0.0270. The fraction of sp³-hybridized carbons (Fsp3) is 0.333. The van der Waals surface area contributed by atoms with Gasteiger partial charge in [0.25, 0.3) is 5.91 Å². The zero-order chi connectivity index (χ0) is 14.1. The van der Waals surface area contributed by atoms with Crippen molar-refractivity contribution < 1.29 is 9.32 Å². The van der Waals surface area contributed by atoms with E-state index in [1.807, 2.05) is 29.2 Å². The molecule has 104 valence electrons. The van der Waals surface area contributed by atoms with E-state index in [0.29, 0.717) is 17.0 Å². The molecule has 0 N–H and O–H groups in total. The van der Waals surface area contributed by atoms with Crippen LogP contribution in [-0.2, 0) is 0 Å². The van der Waals surface area contributed by atoms with Gasteiger partial charge in [0.2, 0.25) is 0 Å². The SMILES string of the molecule is Cc1onc(-c2ccc(Br)cc2)c1C(=O)N1CCCC1. The molecule has 0 aliphatic carbocycles. The highest BCUT2D eigenvalue weighted by atomic mass is 79.9. The number of amides is 1. The van der Waals surface area contributed by atoms with Gasteiger partial charge < -0.3 is 9.42 Å². The van der Waals surface area contributed by atoms with Gasteiger partial charge in [-0.25, -0.2) is 0 Å². The Labute approximate surface area is 125 Å². The van der Waals surface area contributed by atoms with Crippen molar-refractivity contribution in [3.05, 3.63) is 40.1 Å². The number of likely N-dealkylation sites (tertiary alicyclic amines) is 1. The Bertz CT molecular complexity index is 628. The maximum Gasteiger partial charge on any atom is 0.259 e. The van der Waals surface area contributed by atoms with E-state index in [1.54, 1.807) is 6.92 Å². The molecule has 1 amide bonds.